The van der Waals surface area contributed by atoms with Gasteiger partial charge in [-0.1, -0.05) is 53.6 Å². The average molecular weight is 499 g/mol. The Labute approximate surface area is 207 Å². The van der Waals surface area contributed by atoms with Crippen molar-refractivity contribution in [2.45, 2.75) is 52.1 Å². The van der Waals surface area contributed by atoms with Gasteiger partial charge in [0.25, 0.3) is 0 Å². The molecule has 1 N–H and O–H groups in total. The molecule has 0 aliphatic heterocycles. The minimum absolute atomic E-state index is 0.0290. The number of nitrogens with one attached hydrogen (secondary N) is 1. The number of nitrogens with zero attached hydrogens (tertiary/aromatic N) is 1. The van der Waals surface area contributed by atoms with Crippen LogP contribution in [0.4, 0.5) is 0 Å². The maximum Gasteiger partial charge on any atom is 0.243 e. The first-order valence-corrected chi connectivity index (χ1v) is 13.0. The van der Waals surface area contributed by atoms with Gasteiger partial charge in [0, 0.05) is 11.6 Å². The van der Waals surface area contributed by atoms with Gasteiger partial charge in [-0.2, -0.15) is 4.31 Å². The molecule has 7 heteroatoms. The highest BCUT2D eigenvalue weighted by atomic mass is 35.5. The Kier molecular flexibility index (Phi) is 8.18. The number of rotatable bonds is 8. The highest BCUT2D eigenvalue weighted by Crippen LogP contribution is 2.23. The molecule has 0 radical (unpaired) electrons. The second kappa shape index (κ2) is 10.7. The zero-order valence-corrected chi connectivity index (χ0v) is 21.8. The number of hydrogen-bond donors (Lipinski definition) is 1. The Morgan fingerprint density at radius 3 is 2.24 bits per heavy atom. The monoisotopic (exact) mass is 498 g/mol. The Bertz CT molecular complexity index is 1290. The minimum Gasteiger partial charge on any atom is -0.348 e. The lowest BCUT2D eigenvalue weighted by Gasteiger charge is -2.24. The van der Waals surface area contributed by atoms with Gasteiger partial charge >= 0.3 is 0 Å². The molecule has 34 heavy (non-hydrogen) atoms. The van der Waals surface area contributed by atoms with Gasteiger partial charge in [-0.15, -0.1) is 0 Å². The first kappa shape index (κ1) is 25.9. The van der Waals surface area contributed by atoms with Gasteiger partial charge in [-0.05, 0) is 86.7 Å². The van der Waals surface area contributed by atoms with Crippen LogP contribution in [-0.4, -0.2) is 25.2 Å². The van der Waals surface area contributed by atoms with Gasteiger partial charge in [0.1, 0.15) is 0 Å². The number of benzene rings is 3. The number of carbonyl (C=O) groups is 1. The van der Waals surface area contributed by atoms with Gasteiger partial charge in [0.05, 0.1) is 17.5 Å². The van der Waals surface area contributed by atoms with Gasteiger partial charge in [0.15, 0.2) is 0 Å². The van der Waals surface area contributed by atoms with Gasteiger partial charge in [0.2, 0.25) is 15.9 Å². The fourth-order valence-electron chi connectivity index (χ4n) is 3.90. The summed E-state index contributed by atoms with van der Waals surface area (Å²) in [4.78, 5) is 13.2. The summed E-state index contributed by atoms with van der Waals surface area (Å²) in [7, 11) is -3.92. The average Bonchev–Trinajstić information content (AvgIpc) is 2.76. The van der Waals surface area contributed by atoms with E-state index in [0.29, 0.717) is 10.6 Å². The molecule has 0 saturated heterocycles. The van der Waals surface area contributed by atoms with Crippen LogP contribution in [0.5, 0.6) is 0 Å². The zero-order valence-electron chi connectivity index (χ0n) is 20.2. The summed E-state index contributed by atoms with van der Waals surface area (Å²) in [5.74, 6) is -0.372. The molecule has 0 heterocycles. The van der Waals surface area contributed by atoms with Crippen molar-refractivity contribution in [2.75, 3.05) is 6.54 Å². The fraction of sp³-hybridized carbons (Fsp3) is 0.296. The molecular formula is C27H31ClN2O3S. The van der Waals surface area contributed by atoms with Crippen LogP contribution in [0.15, 0.2) is 65.6 Å². The lowest BCUT2D eigenvalue weighted by molar-refractivity contribution is -0.122. The van der Waals surface area contributed by atoms with Crippen molar-refractivity contribution >= 4 is 27.5 Å². The largest absolute Gasteiger partial charge is 0.348 e. The Morgan fingerprint density at radius 1 is 0.941 bits per heavy atom. The SMILES string of the molecule is Cc1ccc(S(=O)(=O)N(CC(=O)N[C@@H](C)c2cc(C)c(C)cc2C)Cc2cccc(Cl)c2)cc1. The summed E-state index contributed by atoms with van der Waals surface area (Å²) in [6.07, 6.45) is 0. The van der Waals surface area contributed by atoms with E-state index < -0.39 is 10.0 Å². The van der Waals surface area contributed by atoms with Crippen LogP contribution < -0.4 is 5.32 Å². The topological polar surface area (TPSA) is 66.5 Å². The van der Waals surface area contributed by atoms with Crippen molar-refractivity contribution in [3.8, 4) is 0 Å². The number of amides is 1. The molecule has 1 atom stereocenters. The standard InChI is InChI=1S/C27H31ClN2O3S/c1-18-9-11-25(12-10-18)34(32,33)30(16-23-7-6-8-24(28)15-23)17-27(31)29-22(5)26-14-20(3)19(2)13-21(26)4/h6-15,22H,16-17H2,1-5H3,(H,29,31)/t22-/m0/s1. The number of hydrogen-bond acceptors (Lipinski definition) is 3. The molecule has 0 fully saturated rings. The normalized spacial score (nSPS) is 12.6. The van der Waals surface area contributed by atoms with Crippen molar-refractivity contribution < 1.29 is 13.2 Å². The first-order valence-electron chi connectivity index (χ1n) is 11.2. The molecule has 0 saturated carbocycles. The van der Waals surface area contributed by atoms with Crippen molar-refractivity contribution in [1.82, 2.24) is 9.62 Å². The maximum atomic E-state index is 13.5. The van der Waals surface area contributed by atoms with Crippen molar-refractivity contribution in [3.05, 3.63) is 99.1 Å². The van der Waals surface area contributed by atoms with E-state index in [4.69, 9.17) is 11.6 Å². The van der Waals surface area contributed by atoms with Crippen LogP contribution >= 0.6 is 11.6 Å². The molecule has 5 nitrogen and oxygen atoms in total. The quantitative estimate of drug-likeness (QED) is 0.437. The minimum atomic E-state index is -3.92. The molecule has 0 unspecified atom stereocenters. The Hall–Kier alpha value is -2.67. The first-order chi connectivity index (χ1) is 16.0. The third-order valence-corrected chi connectivity index (χ3v) is 7.99. The molecular weight excluding hydrogens is 468 g/mol. The van der Waals surface area contributed by atoms with E-state index >= 15 is 0 Å². The molecule has 1 amide bonds. The lowest BCUT2D eigenvalue weighted by Crippen LogP contribution is -2.41. The van der Waals surface area contributed by atoms with Crippen molar-refractivity contribution in [3.63, 3.8) is 0 Å². The number of halogens is 1. The van der Waals surface area contributed by atoms with E-state index in [1.807, 2.05) is 27.7 Å². The van der Waals surface area contributed by atoms with Gasteiger partial charge < -0.3 is 5.32 Å². The van der Waals surface area contributed by atoms with Gasteiger partial charge in [-0.3, -0.25) is 4.79 Å². The van der Waals surface area contributed by atoms with Crippen LogP contribution in [0.2, 0.25) is 5.02 Å². The van der Waals surface area contributed by atoms with Crippen LogP contribution in [-0.2, 0) is 21.4 Å². The van der Waals surface area contributed by atoms with E-state index in [1.165, 1.54) is 9.87 Å². The molecule has 3 rings (SSSR count). The fourth-order valence-corrected chi connectivity index (χ4v) is 5.50. The van der Waals surface area contributed by atoms with E-state index in [2.05, 4.69) is 24.4 Å². The summed E-state index contributed by atoms with van der Waals surface area (Å²) >= 11 is 6.11. The molecule has 0 bridgehead atoms. The molecule has 180 valence electrons. The molecule has 0 aliphatic carbocycles. The smallest absolute Gasteiger partial charge is 0.243 e. The third kappa shape index (κ3) is 6.26. The number of aryl methyl sites for hydroxylation is 4. The predicted molar refractivity (Wildman–Crippen MR) is 137 cm³/mol. The van der Waals surface area contributed by atoms with E-state index in [1.54, 1.807) is 48.5 Å². The zero-order chi connectivity index (χ0) is 25.0. The summed E-state index contributed by atoms with van der Waals surface area (Å²) < 4.78 is 28.1. The van der Waals surface area contributed by atoms with Gasteiger partial charge in [-0.25, -0.2) is 8.42 Å². The molecule has 3 aromatic rings. The summed E-state index contributed by atoms with van der Waals surface area (Å²) in [6.45, 7) is 9.62. The van der Waals surface area contributed by atoms with Crippen LogP contribution in [0.25, 0.3) is 0 Å². The third-order valence-electron chi connectivity index (χ3n) is 5.95. The number of sulfonamides is 1. The molecule has 0 spiro atoms. The summed E-state index contributed by atoms with van der Waals surface area (Å²) in [6, 6.07) is 17.5. The highest BCUT2D eigenvalue weighted by Gasteiger charge is 2.27. The molecule has 0 aliphatic rings. The van der Waals surface area contributed by atoms with Crippen LogP contribution in [0, 0.1) is 27.7 Å². The predicted octanol–water partition coefficient (Wildman–Crippen LogP) is 5.64. The van der Waals surface area contributed by atoms with Crippen LogP contribution in [0.3, 0.4) is 0 Å². The molecule has 0 aromatic heterocycles. The highest BCUT2D eigenvalue weighted by molar-refractivity contribution is 7.89. The Morgan fingerprint density at radius 2 is 1.59 bits per heavy atom. The van der Waals surface area contributed by atoms with E-state index in [9.17, 15) is 13.2 Å². The summed E-state index contributed by atoms with van der Waals surface area (Å²) in [5.41, 5.74) is 6.09. The van der Waals surface area contributed by atoms with Crippen molar-refractivity contribution in [2.24, 2.45) is 0 Å². The lowest BCUT2D eigenvalue weighted by atomic mass is 9.96. The summed E-state index contributed by atoms with van der Waals surface area (Å²) in [5, 5.41) is 3.48. The van der Waals surface area contributed by atoms with E-state index in [-0.39, 0.29) is 29.9 Å². The number of carbonyl (C=O) groups excluding carboxylic acids is 1. The van der Waals surface area contributed by atoms with E-state index in [0.717, 1.165) is 22.3 Å². The maximum absolute atomic E-state index is 13.5. The molecule has 3 aromatic carbocycles. The second-order valence-corrected chi connectivity index (χ2v) is 11.2. The van der Waals surface area contributed by atoms with Crippen molar-refractivity contribution in [1.29, 1.82) is 0 Å². The Balaban J connectivity index is 1.86. The van der Waals surface area contributed by atoms with Crippen LogP contribution in [0.1, 0.15) is 46.3 Å². The second-order valence-electron chi connectivity index (χ2n) is 8.80.